The Labute approximate surface area is 667 Å². The summed E-state index contributed by atoms with van der Waals surface area (Å²) in [5.41, 5.74) is 30.1. The fourth-order valence-electron chi connectivity index (χ4n) is 17.2. The standard InChI is InChI=1S/C58H64N2.C50H48N2/c1-35(2)41-13-21-45(22-14-41)59(46-23-15-42(16-24-46)36(3)4)55-33-53(39(9)10)49-30-32-52-56(34-54(40(11)12)50-29-31-51(55)57(49)58(50)52)60(47-25-17-43(18-26-47)37(5)6)48-27-19-44(20-28-48)38(7)8;1-31(2)45-29-47(51(37-17-9-33(5)10-18-37)38-19-11-34(6)12-20-38)43-28-26-42-46(32(3)4)30-48(44-27-25-41(45)49(43)50(42)44)52(39-21-13-35(7)14-22-39)40-23-15-36(8)16-24-40/h13-40H,1-12H3;9-32H,1-8H3. The maximum Gasteiger partial charge on any atom is 0.0543 e. The Morgan fingerprint density at radius 1 is 0.161 bits per heavy atom. The van der Waals surface area contributed by atoms with Crippen molar-refractivity contribution in [1.29, 1.82) is 0 Å². The van der Waals surface area contributed by atoms with E-state index < -0.39 is 0 Å². The Morgan fingerprint density at radius 3 is 0.446 bits per heavy atom. The molecule has 0 atom stereocenters. The molecule has 0 spiro atoms. The fraction of sp³-hybridized carbons (Fsp3) is 0.259. The third-order valence-electron chi connectivity index (χ3n) is 23.7. The molecule has 0 aliphatic carbocycles. The molecule has 16 aromatic carbocycles. The van der Waals surface area contributed by atoms with Gasteiger partial charge >= 0.3 is 0 Å². The van der Waals surface area contributed by atoms with Crippen LogP contribution in [0.1, 0.15) is 225 Å². The molecule has 564 valence electrons. The third kappa shape index (κ3) is 14.3. The van der Waals surface area contributed by atoms with Gasteiger partial charge in [-0.25, -0.2) is 0 Å². The van der Waals surface area contributed by atoms with Crippen LogP contribution in [0, 0.1) is 27.7 Å². The van der Waals surface area contributed by atoms with Crippen molar-refractivity contribution >= 4 is 133 Å². The van der Waals surface area contributed by atoms with Gasteiger partial charge in [0.1, 0.15) is 0 Å². The number of hydrogen-bond acceptors (Lipinski definition) is 4. The van der Waals surface area contributed by atoms with Crippen molar-refractivity contribution < 1.29 is 0 Å². The van der Waals surface area contributed by atoms with Crippen molar-refractivity contribution in [3.63, 3.8) is 0 Å². The minimum absolute atomic E-state index is 0.321. The second-order valence-corrected chi connectivity index (χ2v) is 34.4. The van der Waals surface area contributed by atoms with E-state index in [1.807, 2.05) is 0 Å². The molecule has 4 heteroatoms. The van der Waals surface area contributed by atoms with Gasteiger partial charge in [-0.1, -0.05) is 279 Å². The van der Waals surface area contributed by atoms with Crippen LogP contribution in [0.15, 0.2) is 267 Å². The maximum absolute atomic E-state index is 2.51. The number of rotatable bonds is 20. The van der Waals surface area contributed by atoms with Crippen LogP contribution >= 0.6 is 0 Å². The van der Waals surface area contributed by atoms with E-state index in [0.717, 1.165) is 22.7 Å². The summed E-state index contributed by atoms with van der Waals surface area (Å²) < 4.78 is 0. The van der Waals surface area contributed by atoms with Crippen molar-refractivity contribution in [2.24, 2.45) is 0 Å². The fourth-order valence-corrected chi connectivity index (χ4v) is 17.2. The van der Waals surface area contributed by atoms with Gasteiger partial charge in [0, 0.05) is 67.0 Å². The summed E-state index contributed by atoms with van der Waals surface area (Å²) in [4.78, 5) is 9.95. The van der Waals surface area contributed by atoms with Crippen LogP contribution in [0.3, 0.4) is 0 Å². The third-order valence-corrected chi connectivity index (χ3v) is 23.7. The monoisotopic (exact) mass is 1460 g/mol. The summed E-state index contributed by atoms with van der Waals surface area (Å²) in [6.07, 6.45) is 0. The first-order chi connectivity index (χ1) is 53.8. The summed E-state index contributed by atoms with van der Waals surface area (Å²) in [5.74, 6) is 3.16. The van der Waals surface area contributed by atoms with Crippen LogP contribution < -0.4 is 19.6 Å². The van der Waals surface area contributed by atoms with Crippen LogP contribution in [0.4, 0.5) is 68.2 Å². The van der Waals surface area contributed by atoms with Gasteiger partial charge < -0.3 is 19.6 Å². The van der Waals surface area contributed by atoms with Gasteiger partial charge in [-0.15, -0.1) is 0 Å². The van der Waals surface area contributed by atoms with Gasteiger partial charge in [0.25, 0.3) is 0 Å². The predicted octanol–water partition coefficient (Wildman–Crippen LogP) is 33.3. The Balaban J connectivity index is 0.000000179. The van der Waals surface area contributed by atoms with Gasteiger partial charge in [0.05, 0.1) is 22.7 Å². The zero-order valence-electron chi connectivity index (χ0n) is 69.8. The molecule has 0 heterocycles. The highest BCUT2D eigenvalue weighted by atomic mass is 15.2. The Bertz CT molecular complexity index is 5430. The summed E-state index contributed by atoms with van der Waals surface area (Å²) in [6, 6.07) is 102. The molecule has 0 aliphatic rings. The molecule has 16 rings (SSSR count). The van der Waals surface area contributed by atoms with Gasteiger partial charge in [-0.05, 0) is 284 Å². The summed E-state index contributed by atoms with van der Waals surface area (Å²) in [6.45, 7) is 45.6. The molecule has 0 radical (unpaired) electrons. The highest BCUT2D eigenvalue weighted by molar-refractivity contribution is 6.31. The summed E-state index contributed by atoms with van der Waals surface area (Å²) in [7, 11) is 0. The number of benzene rings is 16. The molecule has 0 fully saturated rings. The van der Waals surface area contributed by atoms with Gasteiger partial charge in [0.2, 0.25) is 0 Å². The minimum Gasteiger partial charge on any atom is -0.310 e. The molecule has 4 nitrogen and oxygen atoms in total. The quantitative estimate of drug-likeness (QED) is 0.0705. The Hall–Kier alpha value is -11.2. The Morgan fingerprint density at radius 2 is 0.304 bits per heavy atom. The van der Waals surface area contributed by atoms with Gasteiger partial charge in [-0.2, -0.15) is 0 Å². The molecule has 0 saturated heterocycles. The number of aryl methyl sites for hydroxylation is 4. The van der Waals surface area contributed by atoms with Crippen molar-refractivity contribution in [1.82, 2.24) is 0 Å². The van der Waals surface area contributed by atoms with E-state index in [9.17, 15) is 0 Å². The van der Waals surface area contributed by atoms with E-state index in [0.29, 0.717) is 47.3 Å². The number of hydrogen-bond donors (Lipinski definition) is 0. The molecule has 0 saturated carbocycles. The van der Waals surface area contributed by atoms with Crippen molar-refractivity contribution in [2.75, 3.05) is 19.6 Å². The van der Waals surface area contributed by atoms with E-state index >= 15 is 0 Å². The molecule has 0 bridgehead atoms. The second kappa shape index (κ2) is 31.2. The van der Waals surface area contributed by atoms with Crippen LogP contribution in [0.5, 0.6) is 0 Å². The van der Waals surface area contributed by atoms with E-state index in [1.165, 1.54) is 177 Å². The van der Waals surface area contributed by atoms with E-state index in [-0.39, 0.29) is 0 Å². The van der Waals surface area contributed by atoms with Crippen molar-refractivity contribution in [3.05, 3.63) is 334 Å². The van der Waals surface area contributed by atoms with Crippen LogP contribution in [0.2, 0.25) is 0 Å². The first kappa shape index (κ1) is 76.2. The van der Waals surface area contributed by atoms with Gasteiger partial charge in [-0.3, -0.25) is 0 Å². The molecular weight excluding hydrogens is 1350 g/mol. The van der Waals surface area contributed by atoms with Crippen LogP contribution in [-0.2, 0) is 0 Å². The predicted molar refractivity (Wildman–Crippen MR) is 491 cm³/mol. The average molecular weight is 1470 g/mol. The maximum atomic E-state index is 2.51. The van der Waals surface area contributed by atoms with E-state index in [2.05, 4.69) is 425 Å². The van der Waals surface area contributed by atoms with E-state index in [1.54, 1.807) is 0 Å². The van der Waals surface area contributed by atoms with Gasteiger partial charge in [0.15, 0.2) is 0 Å². The second-order valence-electron chi connectivity index (χ2n) is 34.4. The molecule has 0 N–H and O–H groups in total. The zero-order valence-corrected chi connectivity index (χ0v) is 69.8. The lowest BCUT2D eigenvalue weighted by Gasteiger charge is -2.32. The first-order valence-corrected chi connectivity index (χ1v) is 41.3. The van der Waals surface area contributed by atoms with E-state index in [4.69, 9.17) is 0 Å². The number of nitrogens with zero attached hydrogens (tertiary/aromatic N) is 4. The Kier molecular flexibility index (Phi) is 21.2. The van der Waals surface area contributed by atoms with Crippen LogP contribution in [0.25, 0.3) is 64.6 Å². The summed E-state index contributed by atoms with van der Waals surface area (Å²) >= 11 is 0. The molecule has 0 aromatic heterocycles. The van der Waals surface area contributed by atoms with Crippen molar-refractivity contribution in [2.45, 2.75) is 186 Å². The van der Waals surface area contributed by atoms with Crippen LogP contribution in [-0.4, -0.2) is 0 Å². The lowest BCUT2D eigenvalue weighted by molar-refractivity contribution is 0.865. The summed E-state index contributed by atoms with van der Waals surface area (Å²) in [5, 5.41) is 15.8. The molecule has 0 aliphatic heterocycles. The highest BCUT2D eigenvalue weighted by Gasteiger charge is 2.30. The molecule has 112 heavy (non-hydrogen) atoms. The first-order valence-electron chi connectivity index (χ1n) is 41.3. The zero-order chi connectivity index (χ0) is 78.8. The molecule has 0 unspecified atom stereocenters. The largest absolute Gasteiger partial charge is 0.310 e. The lowest BCUT2D eigenvalue weighted by Crippen LogP contribution is -2.13. The number of anilines is 12. The highest BCUT2D eigenvalue weighted by Crippen LogP contribution is 2.54. The normalized spacial score (nSPS) is 12.0. The molecule has 16 aromatic rings. The average Bonchev–Trinajstić information content (AvgIpc) is 0.711. The minimum atomic E-state index is 0.321. The van der Waals surface area contributed by atoms with Crippen molar-refractivity contribution in [3.8, 4) is 0 Å². The SMILES string of the molecule is CC(C)c1ccc(N(c2ccc(C(C)C)cc2)c2cc(C(C)C)c3ccc4c(N(c5ccc(C(C)C)cc5)c5ccc(C(C)C)cc5)cc(C(C)C)c5ccc2c3c54)cc1.Cc1ccc(N(c2ccc(C)cc2)c2cc(C(C)C)c3ccc4c(N(c5ccc(C)cc5)c5ccc(C)cc5)cc(C(C)C)c5ccc2c3c54)cc1. The molecular formula is C108H112N4. The smallest absolute Gasteiger partial charge is 0.0543 e. The topological polar surface area (TPSA) is 13.0 Å². The molecule has 0 amide bonds. The lowest BCUT2D eigenvalue weighted by atomic mass is 9.84.